The number of fused-ring (bicyclic) bond motifs is 1. The van der Waals surface area contributed by atoms with Crippen molar-refractivity contribution in [1.82, 2.24) is 25.1 Å². The number of piperidine rings is 2. The van der Waals surface area contributed by atoms with E-state index in [1.54, 1.807) is 6.20 Å². The van der Waals surface area contributed by atoms with E-state index in [4.69, 9.17) is 9.72 Å². The van der Waals surface area contributed by atoms with Crippen molar-refractivity contribution < 1.29 is 9.53 Å². The zero-order valence-electron chi connectivity index (χ0n) is 24.6. The van der Waals surface area contributed by atoms with E-state index >= 15 is 0 Å². The molecule has 8 nitrogen and oxygen atoms in total. The lowest BCUT2D eigenvalue weighted by molar-refractivity contribution is -0.126. The highest BCUT2D eigenvalue weighted by atomic mass is 16.5. The van der Waals surface area contributed by atoms with Gasteiger partial charge in [0.15, 0.2) is 0 Å². The van der Waals surface area contributed by atoms with Gasteiger partial charge in [-0.05, 0) is 102 Å². The fraction of sp³-hybridized carbons (Fsp3) is 0.545. The van der Waals surface area contributed by atoms with Crippen molar-refractivity contribution in [1.29, 1.82) is 0 Å². The third-order valence-electron chi connectivity index (χ3n) is 8.49. The summed E-state index contributed by atoms with van der Waals surface area (Å²) in [4.78, 5) is 26.4. The lowest BCUT2D eigenvalue weighted by Gasteiger charge is -2.28. The van der Waals surface area contributed by atoms with Crippen LogP contribution in [0.2, 0.25) is 0 Å². The molecule has 2 N–H and O–H groups in total. The SMILES string of the molecule is CN1CCC(CCNC(=O)COCc2ccc(-c3cc(NCCCN4CCCCC4)c4cnccc4n3)cc2)CC1. The van der Waals surface area contributed by atoms with Gasteiger partial charge < -0.3 is 25.2 Å². The molecule has 41 heavy (non-hydrogen) atoms. The molecule has 2 fully saturated rings. The van der Waals surface area contributed by atoms with Crippen molar-refractivity contribution in [2.24, 2.45) is 5.92 Å². The van der Waals surface area contributed by atoms with E-state index in [0.29, 0.717) is 6.61 Å². The molecule has 8 heteroatoms. The Morgan fingerprint density at radius 1 is 1.02 bits per heavy atom. The highest BCUT2D eigenvalue weighted by Gasteiger charge is 2.16. The summed E-state index contributed by atoms with van der Waals surface area (Å²) >= 11 is 0. The maximum atomic E-state index is 12.2. The molecule has 1 aromatic carbocycles. The first-order valence-corrected chi connectivity index (χ1v) is 15.5. The van der Waals surface area contributed by atoms with E-state index in [2.05, 4.69) is 62.8 Å². The number of nitrogens with one attached hydrogen (secondary N) is 2. The molecule has 0 spiro atoms. The molecular formula is C33H46N6O2. The van der Waals surface area contributed by atoms with Crippen molar-refractivity contribution in [2.45, 2.75) is 51.6 Å². The first-order valence-electron chi connectivity index (χ1n) is 15.5. The number of ether oxygens (including phenoxy) is 1. The van der Waals surface area contributed by atoms with Crippen LogP contribution in [0, 0.1) is 5.92 Å². The maximum absolute atomic E-state index is 12.2. The van der Waals surface area contributed by atoms with E-state index in [1.165, 1.54) is 45.2 Å². The number of rotatable bonds is 13. The van der Waals surface area contributed by atoms with Gasteiger partial charge in [0, 0.05) is 42.1 Å². The van der Waals surface area contributed by atoms with Crippen LogP contribution in [0.3, 0.4) is 0 Å². The number of carbonyl (C=O) groups excluding carboxylic acids is 1. The fourth-order valence-electron chi connectivity index (χ4n) is 5.92. The van der Waals surface area contributed by atoms with Crippen molar-refractivity contribution in [3.63, 3.8) is 0 Å². The van der Waals surface area contributed by atoms with Crippen LogP contribution in [0.1, 0.15) is 50.5 Å². The normalized spacial score (nSPS) is 17.1. The highest BCUT2D eigenvalue weighted by Crippen LogP contribution is 2.28. The predicted octanol–water partition coefficient (Wildman–Crippen LogP) is 4.95. The number of benzene rings is 1. The second-order valence-electron chi connectivity index (χ2n) is 11.7. The lowest BCUT2D eigenvalue weighted by Crippen LogP contribution is -2.33. The molecule has 1 amide bonds. The monoisotopic (exact) mass is 558 g/mol. The number of amides is 1. The number of anilines is 1. The number of nitrogens with zero attached hydrogens (tertiary/aromatic N) is 4. The minimum absolute atomic E-state index is 0.0413. The van der Waals surface area contributed by atoms with Crippen LogP contribution in [0.4, 0.5) is 5.69 Å². The third-order valence-corrected chi connectivity index (χ3v) is 8.49. The van der Waals surface area contributed by atoms with Gasteiger partial charge in [-0.2, -0.15) is 0 Å². The first kappa shape index (κ1) is 29.4. The van der Waals surface area contributed by atoms with Crippen LogP contribution in [0.5, 0.6) is 0 Å². The highest BCUT2D eigenvalue weighted by molar-refractivity contribution is 5.93. The number of hydrogen-bond donors (Lipinski definition) is 2. The molecule has 0 radical (unpaired) electrons. The van der Waals surface area contributed by atoms with Crippen LogP contribution in [-0.2, 0) is 16.1 Å². The molecule has 2 aromatic heterocycles. The van der Waals surface area contributed by atoms with Crippen LogP contribution in [0.25, 0.3) is 22.2 Å². The van der Waals surface area contributed by atoms with Gasteiger partial charge in [0.1, 0.15) is 6.61 Å². The maximum Gasteiger partial charge on any atom is 0.246 e. The predicted molar refractivity (Wildman–Crippen MR) is 166 cm³/mol. The molecular weight excluding hydrogens is 512 g/mol. The molecule has 0 saturated carbocycles. The molecule has 5 rings (SSSR count). The molecule has 220 valence electrons. The minimum Gasteiger partial charge on any atom is -0.384 e. The summed E-state index contributed by atoms with van der Waals surface area (Å²) in [7, 11) is 2.17. The smallest absolute Gasteiger partial charge is 0.246 e. The van der Waals surface area contributed by atoms with Crippen molar-refractivity contribution in [3.05, 3.63) is 54.4 Å². The summed E-state index contributed by atoms with van der Waals surface area (Å²) in [5.74, 6) is 0.677. The average Bonchev–Trinajstić information content (AvgIpc) is 3.01. The van der Waals surface area contributed by atoms with Gasteiger partial charge in [0.05, 0.1) is 17.8 Å². The topological polar surface area (TPSA) is 82.6 Å². The molecule has 0 bridgehead atoms. The summed E-state index contributed by atoms with van der Waals surface area (Å²) < 4.78 is 5.70. The summed E-state index contributed by atoms with van der Waals surface area (Å²) in [5.41, 5.74) is 5.03. The summed E-state index contributed by atoms with van der Waals surface area (Å²) in [6.45, 7) is 8.08. The Kier molecular flexibility index (Phi) is 10.9. The average molecular weight is 559 g/mol. The number of hydrogen-bond acceptors (Lipinski definition) is 7. The van der Waals surface area contributed by atoms with Gasteiger partial charge in [-0.1, -0.05) is 30.7 Å². The number of carbonyl (C=O) groups is 1. The molecule has 0 aliphatic carbocycles. The molecule has 3 aromatic rings. The Balaban J connectivity index is 1.09. The Hall–Kier alpha value is -3.07. The van der Waals surface area contributed by atoms with Crippen molar-refractivity contribution >= 4 is 22.5 Å². The van der Waals surface area contributed by atoms with Crippen LogP contribution in [-0.4, -0.2) is 85.1 Å². The second kappa shape index (κ2) is 15.2. The van der Waals surface area contributed by atoms with Crippen LogP contribution >= 0.6 is 0 Å². The fourth-order valence-corrected chi connectivity index (χ4v) is 5.92. The van der Waals surface area contributed by atoms with E-state index in [1.807, 2.05) is 12.3 Å². The molecule has 2 saturated heterocycles. The third kappa shape index (κ3) is 8.96. The van der Waals surface area contributed by atoms with Gasteiger partial charge in [-0.15, -0.1) is 0 Å². The van der Waals surface area contributed by atoms with Gasteiger partial charge in [0.2, 0.25) is 5.91 Å². The largest absolute Gasteiger partial charge is 0.384 e. The Labute approximate surface area is 244 Å². The van der Waals surface area contributed by atoms with E-state index in [-0.39, 0.29) is 12.5 Å². The lowest BCUT2D eigenvalue weighted by atomic mass is 9.94. The van der Waals surface area contributed by atoms with E-state index in [0.717, 1.165) is 84.9 Å². The van der Waals surface area contributed by atoms with Crippen molar-refractivity contribution in [2.75, 3.05) is 64.8 Å². The first-order chi connectivity index (χ1) is 20.1. The molecule has 2 aliphatic heterocycles. The van der Waals surface area contributed by atoms with Crippen LogP contribution < -0.4 is 10.6 Å². The molecule has 2 aliphatic rings. The van der Waals surface area contributed by atoms with Crippen LogP contribution in [0.15, 0.2) is 48.8 Å². The Bertz CT molecular complexity index is 1240. The standard InChI is InChI=1S/C33H46N6O2/c1-38-20-12-26(13-21-38)10-16-36-33(40)25-41-24-27-6-8-28(9-7-27)31-22-32(29-23-34-15-11-30(29)37-31)35-14-5-19-39-17-3-2-4-18-39/h6-9,11,15,22-23,26H,2-5,10,12-14,16-21,24-25H2,1H3,(H,35,37)(H,36,40). The van der Waals surface area contributed by atoms with Gasteiger partial charge >= 0.3 is 0 Å². The second-order valence-corrected chi connectivity index (χ2v) is 11.7. The summed E-state index contributed by atoms with van der Waals surface area (Å²) in [6.07, 6.45) is 12.3. The number of pyridine rings is 2. The van der Waals surface area contributed by atoms with Crippen molar-refractivity contribution in [3.8, 4) is 11.3 Å². The summed E-state index contributed by atoms with van der Waals surface area (Å²) in [6, 6.07) is 12.4. The quantitative estimate of drug-likeness (QED) is 0.287. The molecule has 0 unspecified atom stereocenters. The number of aromatic nitrogens is 2. The molecule has 4 heterocycles. The van der Waals surface area contributed by atoms with Gasteiger partial charge in [-0.25, -0.2) is 4.98 Å². The van der Waals surface area contributed by atoms with E-state index < -0.39 is 0 Å². The Morgan fingerprint density at radius 2 is 1.83 bits per heavy atom. The molecule has 0 atom stereocenters. The van der Waals surface area contributed by atoms with Gasteiger partial charge in [-0.3, -0.25) is 9.78 Å². The van der Waals surface area contributed by atoms with Gasteiger partial charge in [0.25, 0.3) is 0 Å². The number of likely N-dealkylation sites (tertiary alicyclic amines) is 2. The Morgan fingerprint density at radius 3 is 2.63 bits per heavy atom. The zero-order chi connectivity index (χ0) is 28.3. The zero-order valence-corrected chi connectivity index (χ0v) is 24.6. The summed E-state index contributed by atoms with van der Waals surface area (Å²) in [5, 5.41) is 7.71. The minimum atomic E-state index is -0.0413. The van der Waals surface area contributed by atoms with E-state index in [9.17, 15) is 4.79 Å².